The second kappa shape index (κ2) is 5.94. The molecule has 0 bridgehead atoms. The van der Waals surface area contributed by atoms with Crippen LogP contribution >= 0.6 is 11.6 Å². The highest BCUT2D eigenvalue weighted by molar-refractivity contribution is 6.30. The minimum Gasteiger partial charge on any atom is -0.493 e. The first-order valence-electron chi connectivity index (χ1n) is 4.91. The Bertz CT molecular complexity index is 357. The summed E-state index contributed by atoms with van der Waals surface area (Å²) in [5.41, 5.74) is 6.66. The molecule has 5 heteroatoms. The Labute approximate surface area is 99.9 Å². The number of hydrogen-bond acceptors (Lipinski definition) is 4. The normalized spacial score (nSPS) is 12.3. The number of rotatable bonds is 5. The van der Waals surface area contributed by atoms with Gasteiger partial charge in [-0.3, -0.25) is 0 Å². The first-order valence-corrected chi connectivity index (χ1v) is 5.29. The maximum atomic E-state index is 8.87. The summed E-state index contributed by atoms with van der Waals surface area (Å²) < 4.78 is 10.4. The molecular weight excluding hydrogens is 230 g/mol. The lowest BCUT2D eigenvalue weighted by Gasteiger charge is -2.17. The molecule has 16 heavy (non-hydrogen) atoms. The van der Waals surface area contributed by atoms with Crippen LogP contribution in [0.25, 0.3) is 0 Å². The van der Waals surface area contributed by atoms with Gasteiger partial charge in [0.05, 0.1) is 14.2 Å². The molecule has 0 aliphatic heterocycles. The lowest BCUT2D eigenvalue weighted by molar-refractivity contribution is 0.274. The molecule has 1 rings (SSSR count). The van der Waals surface area contributed by atoms with Crippen LogP contribution in [0.1, 0.15) is 18.0 Å². The van der Waals surface area contributed by atoms with Gasteiger partial charge in [-0.1, -0.05) is 11.6 Å². The van der Waals surface area contributed by atoms with E-state index in [4.69, 9.17) is 31.9 Å². The largest absolute Gasteiger partial charge is 0.493 e. The molecule has 1 unspecified atom stereocenters. The van der Waals surface area contributed by atoms with Crippen molar-refractivity contribution in [2.75, 3.05) is 20.8 Å². The van der Waals surface area contributed by atoms with E-state index in [0.717, 1.165) is 5.56 Å². The number of benzene rings is 1. The van der Waals surface area contributed by atoms with E-state index in [1.807, 2.05) is 0 Å². The van der Waals surface area contributed by atoms with Gasteiger partial charge in [-0.05, 0) is 12.5 Å². The van der Waals surface area contributed by atoms with Gasteiger partial charge in [-0.25, -0.2) is 0 Å². The third kappa shape index (κ3) is 2.78. The number of aliphatic hydroxyl groups is 1. The highest BCUT2D eigenvalue weighted by atomic mass is 35.5. The smallest absolute Gasteiger partial charge is 0.165 e. The summed E-state index contributed by atoms with van der Waals surface area (Å²) in [7, 11) is 3.08. The second-order valence-electron chi connectivity index (χ2n) is 3.35. The number of hydrogen-bond donors (Lipinski definition) is 2. The molecule has 0 aliphatic carbocycles. The van der Waals surface area contributed by atoms with Gasteiger partial charge in [0, 0.05) is 29.3 Å². The molecule has 0 saturated heterocycles. The standard InChI is InChI=1S/C11H16ClNO3/c1-15-10-6-7(12)5-8(11(10)16-2)9(13)3-4-14/h5-6,9,14H,3-4,13H2,1-2H3. The van der Waals surface area contributed by atoms with Crippen LogP contribution in [0.3, 0.4) is 0 Å². The van der Waals surface area contributed by atoms with Gasteiger partial charge < -0.3 is 20.3 Å². The summed E-state index contributed by atoms with van der Waals surface area (Å²) in [5, 5.41) is 9.40. The number of ether oxygens (including phenoxy) is 2. The zero-order chi connectivity index (χ0) is 12.1. The third-order valence-electron chi connectivity index (χ3n) is 2.31. The predicted octanol–water partition coefficient (Wildman–Crippen LogP) is 1.74. The number of methoxy groups -OCH3 is 2. The van der Waals surface area contributed by atoms with E-state index in [9.17, 15) is 0 Å². The fourth-order valence-electron chi connectivity index (χ4n) is 1.53. The summed E-state index contributed by atoms with van der Waals surface area (Å²) in [6.07, 6.45) is 0.444. The van der Waals surface area contributed by atoms with Gasteiger partial charge in [0.2, 0.25) is 0 Å². The minimum atomic E-state index is -0.326. The van der Waals surface area contributed by atoms with Gasteiger partial charge in [-0.2, -0.15) is 0 Å². The fraction of sp³-hybridized carbons (Fsp3) is 0.455. The van der Waals surface area contributed by atoms with E-state index in [1.165, 1.54) is 7.11 Å². The fourth-order valence-corrected chi connectivity index (χ4v) is 1.75. The van der Waals surface area contributed by atoms with Crippen LogP contribution in [0, 0.1) is 0 Å². The monoisotopic (exact) mass is 245 g/mol. The number of nitrogens with two attached hydrogens (primary N) is 1. The SMILES string of the molecule is COc1cc(Cl)cc(C(N)CCO)c1OC. The second-order valence-corrected chi connectivity index (χ2v) is 3.79. The van der Waals surface area contributed by atoms with Crippen LogP contribution in [0.4, 0.5) is 0 Å². The van der Waals surface area contributed by atoms with Crippen molar-refractivity contribution >= 4 is 11.6 Å². The van der Waals surface area contributed by atoms with Gasteiger partial charge in [0.25, 0.3) is 0 Å². The quantitative estimate of drug-likeness (QED) is 0.829. The molecule has 0 aliphatic rings. The van der Waals surface area contributed by atoms with Crippen molar-refractivity contribution in [2.45, 2.75) is 12.5 Å². The van der Waals surface area contributed by atoms with Gasteiger partial charge >= 0.3 is 0 Å². The summed E-state index contributed by atoms with van der Waals surface area (Å²) in [5.74, 6) is 1.10. The Kier molecular flexibility index (Phi) is 4.86. The molecule has 0 radical (unpaired) electrons. The lowest BCUT2D eigenvalue weighted by Crippen LogP contribution is -2.13. The molecule has 0 fully saturated rings. The average molecular weight is 246 g/mol. The van der Waals surface area contributed by atoms with E-state index in [-0.39, 0.29) is 12.6 Å². The first-order chi connectivity index (χ1) is 7.63. The Morgan fingerprint density at radius 3 is 2.56 bits per heavy atom. The molecule has 3 N–H and O–H groups in total. The van der Waals surface area contributed by atoms with Gasteiger partial charge in [0.15, 0.2) is 11.5 Å². The van der Waals surface area contributed by atoms with Crippen molar-refractivity contribution in [3.63, 3.8) is 0 Å². The van der Waals surface area contributed by atoms with Crippen LogP contribution in [-0.4, -0.2) is 25.9 Å². The summed E-state index contributed by atoms with van der Waals surface area (Å²) in [4.78, 5) is 0. The Morgan fingerprint density at radius 2 is 2.06 bits per heavy atom. The molecule has 1 atom stereocenters. The zero-order valence-electron chi connectivity index (χ0n) is 9.37. The van der Waals surface area contributed by atoms with E-state index in [0.29, 0.717) is 22.9 Å². The maximum absolute atomic E-state index is 8.87. The Morgan fingerprint density at radius 1 is 1.38 bits per heavy atom. The van der Waals surface area contributed by atoms with E-state index in [2.05, 4.69) is 0 Å². The molecule has 0 aromatic heterocycles. The molecule has 0 saturated carbocycles. The van der Waals surface area contributed by atoms with Crippen molar-refractivity contribution in [1.29, 1.82) is 0 Å². The molecule has 4 nitrogen and oxygen atoms in total. The lowest BCUT2D eigenvalue weighted by atomic mass is 10.0. The van der Waals surface area contributed by atoms with Crippen LogP contribution < -0.4 is 15.2 Å². The van der Waals surface area contributed by atoms with Crippen LogP contribution in [0.15, 0.2) is 12.1 Å². The van der Waals surface area contributed by atoms with Crippen LogP contribution in [0.5, 0.6) is 11.5 Å². The average Bonchev–Trinajstić information content (AvgIpc) is 2.28. The van der Waals surface area contributed by atoms with E-state index >= 15 is 0 Å². The summed E-state index contributed by atoms with van der Waals surface area (Å²) >= 11 is 5.95. The van der Waals surface area contributed by atoms with Crippen molar-refractivity contribution in [1.82, 2.24) is 0 Å². The first kappa shape index (κ1) is 13.1. The Balaban J connectivity index is 3.19. The van der Waals surface area contributed by atoms with Crippen LogP contribution in [-0.2, 0) is 0 Å². The number of halogens is 1. The van der Waals surface area contributed by atoms with Gasteiger partial charge in [0.1, 0.15) is 0 Å². The molecule has 1 aromatic rings. The van der Waals surface area contributed by atoms with Crippen molar-refractivity contribution in [3.8, 4) is 11.5 Å². The van der Waals surface area contributed by atoms with Crippen molar-refractivity contribution < 1.29 is 14.6 Å². The minimum absolute atomic E-state index is 0.0130. The molecule has 1 aromatic carbocycles. The van der Waals surface area contributed by atoms with Crippen LogP contribution in [0.2, 0.25) is 5.02 Å². The zero-order valence-corrected chi connectivity index (χ0v) is 10.1. The summed E-state index contributed by atoms with van der Waals surface area (Å²) in [6.45, 7) is 0.0130. The van der Waals surface area contributed by atoms with Gasteiger partial charge in [-0.15, -0.1) is 0 Å². The molecular formula is C11H16ClNO3. The highest BCUT2D eigenvalue weighted by Crippen LogP contribution is 2.37. The number of aliphatic hydroxyl groups excluding tert-OH is 1. The van der Waals surface area contributed by atoms with Crippen molar-refractivity contribution in [3.05, 3.63) is 22.7 Å². The maximum Gasteiger partial charge on any atom is 0.165 e. The summed E-state index contributed by atoms with van der Waals surface area (Å²) in [6, 6.07) is 3.06. The molecule has 90 valence electrons. The Hall–Kier alpha value is -0.970. The molecule has 0 amide bonds. The highest BCUT2D eigenvalue weighted by Gasteiger charge is 2.17. The molecule has 0 heterocycles. The van der Waals surface area contributed by atoms with Crippen molar-refractivity contribution in [2.24, 2.45) is 5.73 Å². The molecule has 0 spiro atoms. The third-order valence-corrected chi connectivity index (χ3v) is 2.53. The van der Waals surface area contributed by atoms with E-state index in [1.54, 1.807) is 19.2 Å². The van der Waals surface area contributed by atoms with E-state index < -0.39 is 0 Å². The topological polar surface area (TPSA) is 64.7 Å². The predicted molar refractivity (Wildman–Crippen MR) is 63.2 cm³/mol.